The minimum Gasteiger partial charge on any atom is -0.457 e. The Kier molecular flexibility index (Phi) is 5.40. The summed E-state index contributed by atoms with van der Waals surface area (Å²) in [6.45, 7) is 3.58. The summed E-state index contributed by atoms with van der Waals surface area (Å²) in [5.41, 5.74) is 1.67. The highest BCUT2D eigenvalue weighted by atomic mass is 16.5. The Balaban J connectivity index is 1.40. The molecule has 2 aromatic carbocycles. The van der Waals surface area contributed by atoms with E-state index < -0.39 is 11.9 Å². The quantitative estimate of drug-likeness (QED) is 0.602. The van der Waals surface area contributed by atoms with Crippen LogP contribution in [-0.2, 0) is 14.4 Å². The molecule has 1 N–H and O–H groups in total. The van der Waals surface area contributed by atoms with Gasteiger partial charge in [-0.15, -0.1) is 0 Å². The lowest BCUT2D eigenvalue weighted by molar-refractivity contribution is -0.146. The number of carbonyl (C=O) groups excluding carboxylic acids is 3. The molecule has 1 saturated heterocycles. The molecule has 1 aliphatic carbocycles. The van der Waals surface area contributed by atoms with Crippen LogP contribution in [0.3, 0.4) is 0 Å². The summed E-state index contributed by atoms with van der Waals surface area (Å²) in [4.78, 5) is 39.2. The Hall–Kier alpha value is -3.41. The Morgan fingerprint density at radius 1 is 1.00 bits per heavy atom. The van der Waals surface area contributed by atoms with Crippen molar-refractivity contribution < 1.29 is 19.1 Å². The van der Waals surface area contributed by atoms with Crippen LogP contribution in [0.25, 0.3) is 0 Å². The topological polar surface area (TPSA) is 75.7 Å². The van der Waals surface area contributed by atoms with E-state index in [1.165, 1.54) is 0 Å². The fraction of sp³-hybridized carbons (Fsp3) is 0.292. The smallest absolute Gasteiger partial charge is 0.247 e. The van der Waals surface area contributed by atoms with Gasteiger partial charge in [-0.3, -0.25) is 19.3 Å². The highest BCUT2D eigenvalue weighted by molar-refractivity contribution is 6.10. The number of nitrogens with zero attached hydrogens (tertiary/aromatic N) is 1. The van der Waals surface area contributed by atoms with E-state index in [1.807, 2.05) is 43.3 Å². The van der Waals surface area contributed by atoms with Crippen molar-refractivity contribution >= 4 is 23.4 Å². The third-order valence-corrected chi connectivity index (χ3v) is 5.66. The number of ether oxygens (including phenoxy) is 1. The van der Waals surface area contributed by atoms with Crippen LogP contribution in [0, 0.1) is 18.8 Å². The van der Waals surface area contributed by atoms with Crippen LogP contribution in [0.4, 0.5) is 5.69 Å². The molecule has 0 saturated carbocycles. The average Bonchev–Trinajstić information content (AvgIpc) is 2.99. The lowest BCUT2D eigenvalue weighted by Crippen LogP contribution is -2.46. The number of fused-ring (bicyclic) bond motifs is 1. The van der Waals surface area contributed by atoms with E-state index in [2.05, 4.69) is 5.32 Å². The van der Waals surface area contributed by atoms with Gasteiger partial charge in [0.15, 0.2) is 0 Å². The number of likely N-dealkylation sites (tertiary alicyclic amines) is 1. The highest BCUT2D eigenvalue weighted by Crippen LogP contribution is 2.36. The molecule has 1 fully saturated rings. The number of carbonyl (C=O) groups is 3. The molecule has 6 nitrogen and oxygen atoms in total. The average molecular weight is 404 g/mol. The van der Waals surface area contributed by atoms with Gasteiger partial charge in [-0.2, -0.15) is 0 Å². The molecule has 3 atom stereocenters. The summed E-state index contributed by atoms with van der Waals surface area (Å²) in [6, 6.07) is 13.8. The number of aryl methyl sites for hydroxylation is 1. The molecule has 0 unspecified atom stereocenters. The number of allylic oxidation sites excluding steroid dienone is 2. The first kappa shape index (κ1) is 19.9. The zero-order valence-corrected chi connectivity index (χ0v) is 17.0. The van der Waals surface area contributed by atoms with Gasteiger partial charge in [0.2, 0.25) is 17.7 Å². The van der Waals surface area contributed by atoms with Crippen molar-refractivity contribution in [1.82, 2.24) is 4.90 Å². The van der Waals surface area contributed by atoms with E-state index >= 15 is 0 Å². The fourth-order valence-electron chi connectivity index (χ4n) is 3.99. The SMILES string of the molecule is Cc1cccc(Oc2ccc(NC(=O)[C@H](C)N3C(=O)[C@H]4CC=CC[C@H]4C3=O)cc2)c1. The second-order valence-corrected chi connectivity index (χ2v) is 7.81. The summed E-state index contributed by atoms with van der Waals surface area (Å²) < 4.78 is 5.81. The molecule has 0 radical (unpaired) electrons. The normalized spacial score (nSPS) is 21.3. The van der Waals surface area contributed by atoms with E-state index in [9.17, 15) is 14.4 Å². The van der Waals surface area contributed by atoms with Gasteiger partial charge in [-0.1, -0.05) is 24.3 Å². The van der Waals surface area contributed by atoms with Gasteiger partial charge in [-0.25, -0.2) is 0 Å². The molecule has 2 aliphatic rings. The number of hydrogen-bond acceptors (Lipinski definition) is 4. The molecule has 3 amide bonds. The molecule has 1 heterocycles. The van der Waals surface area contributed by atoms with Crippen LogP contribution in [0.5, 0.6) is 11.5 Å². The first-order valence-corrected chi connectivity index (χ1v) is 10.1. The number of hydrogen-bond donors (Lipinski definition) is 1. The first-order chi connectivity index (χ1) is 14.4. The molecule has 30 heavy (non-hydrogen) atoms. The molecule has 0 bridgehead atoms. The third kappa shape index (κ3) is 3.85. The van der Waals surface area contributed by atoms with Gasteiger partial charge in [-0.05, 0) is 68.7 Å². The minimum atomic E-state index is -0.862. The van der Waals surface area contributed by atoms with Crippen molar-refractivity contribution in [1.29, 1.82) is 0 Å². The number of benzene rings is 2. The number of nitrogens with one attached hydrogen (secondary N) is 1. The molecule has 0 aromatic heterocycles. The van der Waals surface area contributed by atoms with Gasteiger partial charge in [0, 0.05) is 5.69 Å². The fourth-order valence-corrected chi connectivity index (χ4v) is 3.99. The van der Waals surface area contributed by atoms with Gasteiger partial charge in [0.1, 0.15) is 17.5 Å². The van der Waals surface area contributed by atoms with Crippen LogP contribution >= 0.6 is 0 Å². The first-order valence-electron chi connectivity index (χ1n) is 10.1. The van der Waals surface area contributed by atoms with E-state index in [0.29, 0.717) is 24.3 Å². The van der Waals surface area contributed by atoms with Crippen LogP contribution < -0.4 is 10.1 Å². The molecule has 154 valence electrons. The highest BCUT2D eigenvalue weighted by Gasteiger charge is 2.50. The van der Waals surface area contributed by atoms with E-state index in [-0.39, 0.29) is 23.7 Å². The maximum Gasteiger partial charge on any atom is 0.247 e. The molecule has 0 spiro atoms. The maximum atomic E-state index is 12.7. The lowest BCUT2D eigenvalue weighted by Gasteiger charge is -2.22. The van der Waals surface area contributed by atoms with Crippen LogP contribution in [0.2, 0.25) is 0 Å². The number of rotatable bonds is 5. The van der Waals surface area contributed by atoms with Crippen LogP contribution in [-0.4, -0.2) is 28.7 Å². The zero-order valence-electron chi connectivity index (χ0n) is 17.0. The van der Waals surface area contributed by atoms with Crippen molar-refractivity contribution in [2.75, 3.05) is 5.32 Å². The Morgan fingerprint density at radius 3 is 2.23 bits per heavy atom. The predicted molar refractivity (Wildman–Crippen MR) is 113 cm³/mol. The van der Waals surface area contributed by atoms with E-state index in [1.54, 1.807) is 31.2 Å². The second-order valence-electron chi connectivity index (χ2n) is 7.81. The minimum absolute atomic E-state index is 0.251. The molecular formula is C24H24N2O4. The maximum absolute atomic E-state index is 12.7. The van der Waals surface area contributed by atoms with Crippen LogP contribution in [0.1, 0.15) is 25.3 Å². The van der Waals surface area contributed by atoms with Gasteiger partial charge < -0.3 is 10.1 Å². The van der Waals surface area contributed by atoms with Gasteiger partial charge >= 0.3 is 0 Å². The summed E-state index contributed by atoms with van der Waals surface area (Å²) in [5, 5.41) is 2.78. The summed E-state index contributed by atoms with van der Waals surface area (Å²) in [5.74, 6) is -0.185. The molecular weight excluding hydrogens is 380 g/mol. The van der Waals surface area contributed by atoms with Crippen LogP contribution in [0.15, 0.2) is 60.7 Å². The summed E-state index contributed by atoms with van der Waals surface area (Å²) >= 11 is 0. The number of anilines is 1. The zero-order chi connectivity index (χ0) is 21.3. The van der Waals surface area contributed by atoms with Crippen molar-refractivity contribution in [2.45, 2.75) is 32.7 Å². The van der Waals surface area contributed by atoms with E-state index in [0.717, 1.165) is 16.2 Å². The van der Waals surface area contributed by atoms with E-state index in [4.69, 9.17) is 4.74 Å². The second kappa shape index (κ2) is 8.14. The molecule has 4 rings (SSSR count). The Bertz CT molecular complexity index is 986. The van der Waals surface area contributed by atoms with Crippen molar-refractivity contribution in [2.24, 2.45) is 11.8 Å². The monoisotopic (exact) mass is 404 g/mol. The number of amides is 3. The number of imide groups is 1. The third-order valence-electron chi connectivity index (χ3n) is 5.66. The van der Waals surface area contributed by atoms with Gasteiger partial charge in [0.05, 0.1) is 11.8 Å². The van der Waals surface area contributed by atoms with Crippen molar-refractivity contribution in [3.63, 3.8) is 0 Å². The van der Waals surface area contributed by atoms with Crippen molar-refractivity contribution in [3.8, 4) is 11.5 Å². The molecule has 6 heteroatoms. The largest absolute Gasteiger partial charge is 0.457 e. The Labute approximate surface area is 175 Å². The summed E-state index contributed by atoms with van der Waals surface area (Å²) in [7, 11) is 0. The van der Waals surface area contributed by atoms with Gasteiger partial charge in [0.25, 0.3) is 0 Å². The van der Waals surface area contributed by atoms with Crippen molar-refractivity contribution in [3.05, 3.63) is 66.2 Å². The lowest BCUT2D eigenvalue weighted by atomic mass is 9.85. The summed E-state index contributed by atoms with van der Waals surface area (Å²) in [6.07, 6.45) is 4.98. The predicted octanol–water partition coefficient (Wildman–Crippen LogP) is 4.07. The molecule has 2 aromatic rings. The standard InChI is InChI=1S/C24H24N2O4/c1-15-6-5-7-19(14-15)30-18-12-10-17(11-13-18)25-22(27)16(2)26-23(28)20-8-3-4-9-21(20)24(26)29/h3-7,10-14,16,20-21H,8-9H2,1-2H3,(H,25,27)/t16-,20-,21+/m0/s1. The molecule has 1 aliphatic heterocycles. The Morgan fingerprint density at radius 2 is 1.63 bits per heavy atom.